The molecule has 134 valence electrons. The maximum atomic E-state index is 13.0. The molecule has 0 aliphatic heterocycles. The predicted molar refractivity (Wildman–Crippen MR) is 96.2 cm³/mol. The number of amides is 1. The Labute approximate surface area is 149 Å². The molecule has 0 spiro atoms. The quantitative estimate of drug-likeness (QED) is 0.488. The van der Waals surface area contributed by atoms with Gasteiger partial charge in [-0.1, -0.05) is 35.4 Å². The van der Waals surface area contributed by atoms with Crippen LogP contribution in [0.3, 0.4) is 0 Å². The van der Waals surface area contributed by atoms with Gasteiger partial charge in [-0.2, -0.15) is 8.78 Å². The van der Waals surface area contributed by atoms with Crippen molar-refractivity contribution in [2.24, 2.45) is 0 Å². The molecule has 2 aromatic rings. The number of carbonyl (C=O) groups excluding carboxylic acids is 1. The van der Waals surface area contributed by atoms with Crippen LogP contribution in [0.4, 0.5) is 20.2 Å². The molecule has 0 atom stereocenters. The third-order valence-electron chi connectivity index (χ3n) is 3.19. The van der Waals surface area contributed by atoms with Gasteiger partial charge in [0.25, 0.3) is 0 Å². The van der Waals surface area contributed by atoms with Crippen LogP contribution < -0.4 is 15.3 Å². The molecule has 5 nitrogen and oxygen atoms in total. The molecular formula is C16H17ClF2N3O2P. The Bertz CT molecular complexity index is 741. The van der Waals surface area contributed by atoms with E-state index in [1.54, 1.807) is 53.6 Å². The van der Waals surface area contributed by atoms with Crippen LogP contribution in [0.5, 0.6) is 0 Å². The first-order valence-electron chi connectivity index (χ1n) is 7.27. The van der Waals surface area contributed by atoms with Gasteiger partial charge in [-0.3, -0.25) is 14.4 Å². The van der Waals surface area contributed by atoms with Crippen molar-refractivity contribution in [1.82, 2.24) is 5.09 Å². The van der Waals surface area contributed by atoms with Crippen LogP contribution in [0.1, 0.15) is 11.1 Å². The van der Waals surface area contributed by atoms with Crippen molar-refractivity contribution in [3.63, 3.8) is 0 Å². The Morgan fingerprint density at radius 2 is 1.28 bits per heavy atom. The van der Waals surface area contributed by atoms with Crippen LogP contribution in [0.25, 0.3) is 0 Å². The van der Waals surface area contributed by atoms with E-state index in [-0.39, 0.29) is 0 Å². The summed E-state index contributed by atoms with van der Waals surface area (Å²) in [4.78, 5) is 11.5. The molecule has 0 unspecified atom stereocenters. The highest BCUT2D eigenvalue weighted by atomic mass is 35.5. The highest BCUT2D eigenvalue weighted by Crippen LogP contribution is 2.42. The minimum Gasteiger partial charge on any atom is -0.304 e. The summed E-state index contributed by atoms with van der Waals surface area (Å²) in [5.74, 6) is -1.86. The predicted octanol–water partition coefficient (Wildman–Crippen LogP) is 4.88. The number of aryl methyl sites for hydroxylation is 2. The Morgan fingerprint density at radius 1 is 0.920 bits per heavy atom. The van der Waals surface area contributed by atoms with Crippen molar-refractivity contribution in [3.8, 4) is 0 Å². The van der Waals surface area contributed by atoms with E-state index in [2.05, 4.69) is 10.2 Å². The second-order valence-electron chi connectivity index (χ2n) is 5.50. The first kappa shape index (κ1) is 19.2. The second-order valence-corrected chi connectivity index (χ2v) is 7.87. The number of carbonyl (C=O) groups is 1. The number of rotatable bonds is 6. The molecule has 25 heavy (non-hydrogen) atoms. The van der Waals surface area contributed by atoms with Gasteiger partial charge < -0.3 is 10.2 Å². The van der Waals surface area contributed by atoms with Crippen LogP contribution in [-0.4, -0.2) is 11.3 Å². The molecule has 0 saturated carbocycles. The highest BCUT2D eigenvalue weighted by Gasteiger charge is 2.40. The van der Waals surface area contributed by atoms with E-state index in [1.165, 1.54) is 0 Å². The third kappa shape index (κ3) is 5.73. The molecular weight excluding hydrogens is 371 g/mol. The highest BCUT2D eigenvalue weighted by molar-refractivity contribution is 7.65. The van der Waals surface area contributed by atoms with Gasteiger partial charge in [-0.05, 0) is 49.7 Å². The van der Waals surface area contributed by atoms with Gasteiger partial charge in [0.2, 0.25) is 0 Å². The van der Waals surface area contributed by atoms with Crippen molar-refractivity contribution >= 4 is 36.5 Å². The minimum atomic E-state index is -4.18. The molecule has 3 N–H and O–H groups in total. The molecule has 2 aromatic carbocycles. The summed E-state index contributed by atoms with van der Waals surface area (Å²) in [6, 6.07) is 13.4. The van der Waals surface area contributed by atoms with Crippen molar-refractivity contribution < 1.29 is 18.1 Å². The number of nitrogens with one attached hydrogen (secondary N) is 3. The maximum absolute atomic E-state index is 13.0. The summed E-state index contributed by atoms with van der Waals surface area (Å²) in [6.45, 7) is 3.73. The zero-order valence-electron chi connectivity index (χ0n) is 13.5. The van der Waals surface area contributed by atoms with Gasteiger partial charge in [0.15, 0.2) is 0 Å². The monoisotopic (exact) mass is 387 g/mol. The molecule has 0 aromatic heterocycles. The zero-order chi connectivity index (χ0) is 18.7. The normalized spacial score (nSPS) is 11.7. The number of alkyl halides is 3. The Balaban J connectivity index is 2.29. The lowest BCUT2D eigenvalue weighted by Crippen LogP contribution is -2.37. The average Bonchev–Trinajstić information content (AvgIpc) is 2.51. The third-order valence-corrected chi connectivity index (χ3v) is 5.03. The molecule has 0 saturated heterocycles. The van der Waals surface area contributed by atoms with Crippen LogP contribution in [0.2, 0.25) is 0 Å². The molecule has 9 heteroatoms. The summed E-state index contributed by atoms with van der Waals surface area (Å²) in [5.41, 5.74) is 2.69. The Morgan fingerprint density at radius 3 is 1.60 bits per heavy atom. The number of hydrogen-bond donors (Lipinski definition) is 3. The van der Waals surface area contributed by atoms with Crippen molar-refractivity contribution in [2.75, 3.05) is 10.2 Å². The van der Waals surface area contributed by atoms with E-state index in [0.29, 0.717) is 11.4 Å². The molecule has 0 bridgehead atoms. The van der Waals surface area contributed by atoms with Crippen LogP contribution in [0, 0.1) is 13.8 Å². The smallest absolute Gasteiger partial charge is 0.304 e. The summed E-state index contributed by atoms with van der Waals surface area (Å²) >= 11 is 4.72. The lowest BCUT2D eigenvalue weighted by atomic mass is 10.2. The van der Waals surface area contributed by atoms with Crippen LogP contribution in [0.15, 0.2) is 48.5 Å². The standard InChI is InChI=1S/C16H17ClF2N3O2P/c1-11-3-7-13(8-4-11)20-25(24,22-15(23)16(17,18)19)21-14-9-5-12(2)6-10-14/h3-10H,1-2H3,(H3,20,21,22,23,24). The number of hydrogen-bond acceptors (Lipinski definition) is 2. The van der Waals surface area contributed by atoms with Crippen molar-refractivity contribution in [2.45, 2.75) is 19.2 Å². The average molecular weight is 388 g/mol. The molecule has 0 aliphatic rings. The fourth-order valence-corrected chi connectivity index (χ4v) is 3.64. The molecule has 0 heterocycles. The molecule has 1 amide bonds. The number of anilines is 2. The van der Waals surface area contributed by atoms with Gasteiger partial charge in [-0.15, -0.1) is 0 Å². The van der Waals surface area contributed by atoms with Gasteiger partial charge in [0.05, 0.1) is 0 Å². The molecule has 0 aliphatic carbocycles. The fraction of sp³-hybridized carbons (Fsp3) is 0.188. The van der Waals surface area contributed by atoms with E-state index >= 15 is 0 Å². The first-order chi connectivity index (χ1) is 11.6. The second kappa shape index (κ2) is 7.42. The minimum absolute atomic E-state index is 0.381. The lowest BCUT2D eigenvalue weighted by Gasteiger charge is -2.24. The van der Waals surface area contributed by atoms with E-state index in [1.807, 2.05) is 13.8 Å². The first-order valence-corrected chi connectivity index (χ1v) is 9.35. The summed E-state index contributed by atoms with van der Waals surface area (Å²) < 4.78 is 39.0. The van der Waals surface area contributed by atoms with E-state index in [9.17, 15) is 18.1 Å². The summed E-state index contributed by atoms with van der Waals surface area (Å²) in [6.07, 6.45) is 0. The lowest BCUT2D eigenvalue weighted by molar-refractivity contribution is -0.133. The summed E-state index contributed by atoms with van der Waals surface area (Å²) in [5, 5.41) is 2.73. The number of halogens is 3. The van der Waals surface area contributed by atoms with E-state index in [0.717, 1.165) is 11.1 Å². The summed E-state index contributed by atoms with van der Waals surface area (Å²) in [7, 11) is -4.01. The molecule has 0 radical (unpaired) electrons. The van der Waals surface area contributed by atoms with Crippen molar-refractivity contribution in [3.05, 3.63) is 59.7 Å². The van der Waals surface area contributed by atoms with Crippen molar-refractivity contribution in [1.29, 1.82) is 0 Å². The van der Waals surface area contributed by atoms with E-state index < -0.39 is 18.9 Å². The van der Waals surface area contributed by atoms with Crippen LogP contribution in [-0.2, 0) is 9.36 Å². The largest absolute Gasteiger partial charge is 0.400 e. The topological polar surface area (TPSA) is 70.2 Å². The fourth-order valence-electron chi connectivity index (χ4n) is 1.91. The van der Waals surface area contributed by atoms with Gasteiger partial charge in [0.1, 0.15) is 0 Å². The van der Waals surface area contributed by atoms with Gasteiger partial charge >= 0.3 is 18.9 Å². The van der Waals surface area contributed by atoms with Gasteiger partial charge in [-0.25, -0.2) is 0 Å². The van der Waals surface area contributed by atoms with Gasteiger partial charge in [0, 0.05) is 11.4 Å². The maximum Gasteiger partial charge on any atom is 0.400 e. The molecule has 2 rings (SSSR count). The Hall–Kier alpha value is -2.11. The SMILES string of the molecule is Cc1ccc(NP(=O)(NC(=O)C(F)(F)Cl)Nc2ccc(C)cc2)cc1. The Kier molecular flexibility index (Phi) is 5.70. The van der Waals surface area contributed by atoms with E-state index in [4.69, 9.17) is 11.6 Å². The number of benzene rings is 2. The zero-order valence-corrected chi connectivity index (χ0v) is 15.2. The molecule has 0 fully saturated rings. The van der Waals surface area contributed by atoms with Crippen LogP contribution >= 0.6 is 19.2 Å².